The van der Waals surface area contributed by atoms with Gasteiger partial charge >= 0.3 is 6.85 Å². The van der Waals surface area contributed by atoms with Crippen molar-refractivity contribution in [3.05, 3.63) is 101 Å². The van der Waals surface area contributed by atoms with E-state index in [1.54, 1.807) is 0 Å². The molecule has 3 aliphatic heterocycles. The third-order valence-electron chi connectivity index (χ3n) is 8.95. The zero-order chi connectivity index (χ0) is 24.7. The number of fused-ring (bicyclic) bond motifs is 3. The minimum atomic E-state index is 0.185. The Morgan fingerprint density at radius 1 is 0.541 bits per heavy atom. The average Bonchev–Trinajstić information content (AvgIpc) is 3.21. The van der Waals surface area contributed by atoms with E-state index in [4.69, 9.17) is 0 Å². The number of benzene rings is 5. The van der Waals surface area contributed by atoms with E-state index in [-0.39, 0.29) is 6.85 Å². The Morgan fingerprint density at radius 2 is 1.11 bits per heavy atom. The maximum atomic E-state index is 2.68. The molecule has 0 N–H and O–H groups in total. The van der Waals surface area contributed by atoms with Crippen molar-refractivity contribution in [3.8, 4) is 22.3 Å². The normalized spacial score (nSPS) is 13.8. The molecule has 3 heteroatoms. The molecule has 2 nitrogen and oxygen atoms in total. The Morgan fingerprint density at radius 3 is 1.81 bits per heavy atom. The van der Waals surface area contributed by atoms with E-state index >= 15 is 0 Å². The van der Waals surface area contributed by atoms with Crippen LogP contribution in [0.2, 0.25) is 0 Å². The van der Waals surface area contributed by atoms with Crippen molar-refractivity contribution >= 4 is 56.6 Å². The highest BCUT2D eigenvalue weighted by Crippen LogP contribution is 2.50. The molecule has 5 aromatic carbocycles. The Labute approximate surface area is 216 Å². The first kappa shape index (κ1) is 19.9. The van der Waals surface area contributed by atoms with Crippen molar-refractivity contribution in [1.29, 1.82) is 0 Å². The summed E-state index contributed by atoms with van der Waals surface area (Å²) in [4.78, 5) is 2.56. The summed E-state index contributed by atoms with van der Waals surface area (Å²) in [5.74, 6) is 0. The lowest BCUT2D eigenvalue weighted by molar-refractivity contribution is 1.19. The molecule has 0 radical (unpaired) electrons. The van der Waals surface area contributed by atoms with Crippen LogP contribution >= 0.6 is 0 Å². The number of anilines is 3. The van der Waals surface area contributed by atoms with Crippen LogP contribution in [0, 0.1) is 27.7 Å². The Hall–Kier alpha value is -4.24. The molecule has 0 spiro atoms. The molecule has 0 saturated heterocycles. The highest BCUT2D eigenvalue weighted by Gasteiger charge is 2.46. The van der Waals surface area contributed by atoms with Gasteiger partial charge in [-0.3, -0.25) is 0 Å². The number of hydrogen-bond donors (Lipinski definition) is 0. The largest absolute Gasteiger partial charge is 0.375 e. The lowest BCUT2D eigenvalue weighted by Gasteiger charge is -2.43. The van der Waals surface area contributed by atoms with E-state index in [0.29, 0.717) is 0 Å². The number of aryl methyl sites for hydroxylation is 4. The molecule has 0 saturated carbocycles. The summed E-state index contributed by atoms with van der Waals surface area (Å²) >= 11 is 0. The van der Waals surface area contributed by atoms with Crippen molar-refractivity contribution in [2.75, 3.05) is 4.90 Å². The fourth-order valence-corrected chi connectivity index (χ4v) is 7.90. The van der Waals surface area contributed by atoms with E-state index in [2.05, 4.69) is 116 Å². The van der Waals surface area contributed by atoms with Crippen molar-refractivity contribution in [2.24, 2.45) is 0 Å². The maximum Gasteiger partial charge on any atom is 0.333 e. The Balaban J connectivity index is 1.55. The van der Waals surface area contributed by atoms with Gasteiger partial charge in [0.05, 0.1) is 5.69 Å². The van der Waals surface area contributed by atoms with E-state index in [9.17, 15) is 0 Å². The monoisotopic (exact) mass is 472 g/mol. The third kappa shape index (κ3) is 2.17. The minimum absolute atomic E-state index is 0.185. The second-order valence-corrected chi connectivity index (χ2v) is 11.2. The van der Waals surface area contributed by atoms with E-state index in [1.807, 2.05) is 0 Å². The molecule has 0 fully saturated rings. The van der Waals surface area contributed by atoms with Crippen molar-refractivity contribution in [3.63, 3.8) is 0 Å². The lowest BCUT2D eigenvalue weighted by atomic mass is 9.43. The van der Waals surface area contributed by atoms with Gasteiger partial charge in [0.1, 0.15) is 0 Å². The number of aromatic nitrogens is 1. The van der Waals surface area contributed by atoms with Gasteiger partial charge < -0.3 is 9.38 Å². The van der Waals surface area contributed by atoms with Crippen LogP contribution in [0.4, 0.5) is 17.1 Å². The zero-order valence-corrected chi connectivity index (χ0v) is 21.5. The molecule has 4 heterocycles. The molecule has 0 aliphatic carbocycles. The van der Waals surface area contributed by atoms with E-state index < -0.39 is 0 Å². The molecule has 37 heavy (non-hydrogen) atoms. The van der Waals surface area contributed by atoms with Gasteiger partial charge in [0.25, 0.3) is 0 Å². The van der Waals surface area contributed by atoms with Crippen molar-refractivity contribution in [2.45, 2.75) is 27.7 Å². The Kier molecular flexibility index (Phi) is 3.42. The molecule has 0 bridgehead atoms. The van der Waals surface area contributed by atoms with E-state index in [0.717, 1.165) is 0 Å². The first-order valence-corrected chi connectivity index (χ1v) is 13.2. The molecule has 6 aromatic rings. The van der Waals surface area contributed by atoms with Crippen LogP contribution in [-0.4, -0.2) is 11.3 Å². The predicted octanol–water partition coefficient (Wildman–Crippen LogP) is 7.43. The molecule has 174 valence electrons. The number of rotatable bonds is 1. The number of nitrogens with zero attached hydrogens (tertiary/aromatic N) is 2. The minimum Gasteiger partial charge on any atom is -0.375 e. The zero-order valence-electron chi connectivity index (χ0n) is 21.5. The first-order valence-electron chi connectivity index (χ1n) is 13.2. The summed E-state index contributed by atoms with van der Waals surface area (Å²) in [5, 5.41) is 2.75. The molecule has 1 aromatic heterocycles. The summed E-state index contributed by atoms with van der Waals surface area (Å²) in [6.07, 6.45) is 0. The summed E-state index contributed by atoms with van der Waals surface area (Å²) in [5.41, 5.74) is 20.3. The first-order chi connectivity index (χ1) is 18.0. The summed E-state index contributed by atoms with van der Waals surface area (Å²) in [7, 11) is 0. The van der Waals surface area contributed by atoms with Gasteiger partial charge in [-0.15, -0.1) is 0 Å². The molecule has 0 amide bonds. The predicted molar refractivity (Wildman–Crippen MR) is 158 cm³/mol. The average molecular weight is 472 g/mol. The van der Waals surface area contributed by atoms with Gasteiger partial charge in [-0.2, -0.15) is 0 Å². The van der Waals surface area contributed by atoms with E-state index in [1.165, 1.54) is 94.3 Å². The molecule has 0 unspecified atom stereocenters. The van der Waals surface area contributed by atoms with Crippen LogP contribution in [0.3, 0.4) is 0 Å². The SMILES string of the molecule is Cc1cc(C)c(N2c3cccc4c3B3c5c(cccc52)-c2cc(C)cc5c6cccc-4c6n3c25)c(C)c1. The second-order valence-electron chi connectivity index (χ2n) is 11.2. The van der Waals surface area contributed by atoms with Gasteiger partial charge in [0.15, 0.2) is 0 Å². The molecular weight excluding hydrogens is 447 g/mol. The second kappa shape index (κ2) is 6.36. The smallest absolute Gasteiger partial charge is 0.333 e. The highest BCUT2D eigenvalue weighted by molar-refractivity contribution is 6.91. The fraction of sp³-hybridized carbons (Fsp3) is 0.118. The van der Waals surface area contributed by atoms with Crippen LogP contribution in [-0.2, 0) is 0 Å². The van der Waals surface area contributed by atoms with Crippen molar-refractivity contribution < 1.29 is 0 Å². The maximum absolute atomic E-state index is 2.68. The molecule has 9 rings (SSSR count). The molecule has 0 atom stereocenters. The number of hydrogen-bond acceptors (Lipinski definition) is 1. The van der Waals surface area contributed by atoms with Crippen LogP contribution in [0.15, 0.2) is 78.9 Å². The fourth-order valence-electron chi connectivity index (χ4n) is 7.90. The Bertz CT molecular complexity index is 2020. The third-order valence-corrected chi connectivity index (χ3v) is 8.95. The van der Waals surface area contributed by atoms with Crippen LogP contribution in [0.25, 0.3) is 44.1 Å². The van der Waals surface area contributed by atoms with Gasteiger partial charge in [-0.25, -0.2) is 0 Å². The number of para-hydroxylation sites is 1. The lowest BCUT2D eigenvalue weighted by Crippen LogP contribution is -2.58. The van der Waals surface area contributed by atoms with Crippen LogP contribution < -0.4 is 15.8 Å². The standard InChI is InChI=1S/C34H25BN2/c1-18-14-20(3)32(21(4)15-18)36-28-12-6-8-22-24-10-5-11-25-27-17-19(2)16-26-23-9-7-13-29(36)31(23)35(30(22)28)37(33(24)25)34(26)27/h5-17H,1-4H3. The van der Waals surface area contributed by atoms with Gasteiger partial charge in [0.2, 0.25) is 0 Å². The van der Waals surface area contributed by atoms with Gasteiger partial charge in [-0.1, -0.05) is 60.2 Å². The van der Waals surface area contributed by atoms with Gasteiger partial charge in [0, 0.05) is 44.3 Å². The van der Waals surface area contributed by atoms with Crippen LogP contribution in [0.5, 0.6) is 0 Å². The summed E-state index contributed by atoms with van der Waals surface area (Å²) in [6, 6.07) is 30.2. The van der Waals surface area contributed by atoms with Crippen molar-refractivity contribution in [1.82, 2.24) is 4.48 Å². The quantitative estimate of drug-likeness (QED) is 0.226. The van der Waals surface area contributed by atoms with Gasteiger partial charge in [-0.05, 0) is 90.7 Å². The summed E-state index contributed by atoms with van der Waals surface area (Å²) < 4.78 is 2.68. The highest BCUT2D eigenvalue weighted by atomic mass is 15.2. The topological polar surface area (TPSA) is 8.17 Å². The molecular formula is C34H25BN2. The van der Waals surface area contributed by atoms with Crippen LogP contribution in [0.1, 0.15) is 22.3 Å². The summed E-state index contributed by atoms with van der Waals surface area (Å²) in [6.45, 7) is 9.15. The molecule has 3 aliphatic rings.